The molecule has 4 heteroatoms. The van der Waals surface area contributed by atoms with Gasteiger partial charge in [0.1, 0.15) is 11.3 Å². The lowest BCUT2D eigenvalue weighted by atomic mass is 9.81. The summed E-state index contributed by atoms with van der Waals surface area (Å²) in [5.41, 5.74) is 1.92. The Morgan fingerprint density at radius 2 is 1.32 bits per heavy atom. The lowest BCUT2D eigenvalue weighted by Crippen LogP contribution is -2.41. The maximum absolute atomic E-state index is 10.8. The maximum atomic E-state index is 10.8. The molecule has 0 bridgehead atoms. The van der Waals surface area contributed by atoms with Crippen LogP contribution in [0.2, 0.25) is 0 Å². The zero-order valence-electron chi connectivity index (χ0n) is 13.6. The lowest BCUT2D eigenvalue weighted by Gasteiger charge is -2.25. The fraction of sp³-hybridized carbons (Fsp3) is 0.667. The van der Waals surface area contributed by atoms with E-state index in [0.717, 1.165) is 31.2 Å². The van der Waals surface area contributed by atoms with Gasteiger partial charge in [-0.3, -0.25) is 16.0 Å². The molecule has 1 aliphatic carbocycles. The van der Waals surface area contributed by atoms with Crippen molar-refractivity contribution in [2.24, 2.45) is 0 Å². The summed E-state index contributed by atoms with van der Waals surface area (Å²) in [5.74, 6) is 0. The number of benzene rings is 1. The monoisotopic (exact) mass is 299 g/mol. The first-order valence-electron chi connectivity index (χ1n) is 8.50. The molecular formula is C18H25N3O. The first-order chi connectivity index (χ1) is 10.3. The van der Waals surface area contributed by atoms with Gasteiger partial charge < -0.3 is 5.11 Å². The molecule has 4 nitrogen and oxygen atoms in total. The predicted octanol–water partition coefficient (Wildman–Crippen LogP) is 1.64. The van der Waals surface area contributed by atoms with Crippen LogP contribution in [0.15, 0.2) is 24.3 Å². The summed E-state index contributed by atoms with van der Waals surface area (Å²) in [6.07, 6.45) is 4.05. The zero-order valence-corrected chi connectivity index (χ0v) is 13.6. The standard InChI is InChI=1S/C18H25N3O/c1-14(2)17(19-14,18-15(3,20-18)21-18)13-8-6-12(7-9-13)16(22)10-4-5-11-16/h6-9,19-22H,4-5,10-11H2,1-3H3. The molecule has 22 heavy (non-hydrogen) atoms. The molecule has 1 atom stereocenters. The highest BCUT2D eigenvalue weighted by Crippen LogP contribution is 2.69. The summed E-state index contributed by atoms with van der Waals surface area (Å²) in [6, 6.07) is 8.69. The number of aliphatic hydroxyl groups is 1. The van der Waals surface area contributed by atoms with Crippen LogP contribution in [0.1, 0.15) is 57.6 Å². The van der Waals surface area contributed by atoms with Gasteiger partial charge in [0.25, 0.3) is 0 Å². The molecule has 4 fully saturated rings. The summed E-state index contributed by atoms with van der Waals surface area (Å²) in [6.45, 7) is 6.75. The van der Waals surface area contributed by atoms with Gasteiger partial charge in [-0.15, -0.1) is 0 Å². The molecule has 4 aliphatic rings. The molecule has 0 aromatic heterocycles. The van der Waals surface area contributed by atoms with E-state index < -0.39 is 5.60 Å². The van der Waals surface area contributed by atoms with Crippen LogP contribution in [-0.2, 0) is 11.1 Å². The highest BCUT2D eigenvalue weighted by molar-refractivity contribution is 5.58. The van der Waals surface area contributed by atoms with Crippen molar-refractivity contribution in [3.05, 3.63) is 35.4 Å². The highest BCUT2D eigenvalue weighted by atomic mass is 16.3. The van der Waals surface area contributed by atoms with E-state index in [4.69, 9.17) is 0 Å². The van der Waals surface area contributed by atoms with E-state index in [1.807, 2.05) is 0 Å². The van der Waals surface area contributed by atoms with Gasteiger partial charge in [0.15, 0.2) is 0 Å². The molecule has 0 radical (unpaired) electrons. The molecular weight excluding hydrogens is 274 g/mol. The fourth-order valence-electron chi connectivity index (χ4n) is 5.18. The number of hydrogen-bond acceptors (Lipinski definition) is 4. The predicted molar refractivity (Wildman–Crippen MR) is 85.1 cm³/mol. The zero-order chi connectivity index (χ0) is 15.4. The molecule has 1 saturated carbocycles. The smallest absolute Gasteiger partial charge is 0.129 e. The van der Waals surface area contributed by atoms with Crippen molar-refractivity contribution in [2.45, 2.75) is 74.5 Å². The lowest BCUT2D eigenvalue weighted by molar-refractivity contribution is 0.0444. The van der Waals surface area contributed by atoms with Crippen LogP contribution in [0.4, 0.5) is 0 Å². The van der Waals surface area contributed by atoms with E-state index in [2.05, 4.69) is 61.0 Å². The van der Waals surface area contributed by atoms with E-state index in [9.17, 15) is 5.11 Å². The van der Waals surface area contributed by atoms with E-state index in [-0.39, 0.29) is 22.4 Å². The summed E-state index contributed by atoms with van der Waals surface area (Å²) < 4.78 is 0. The van der Waals surface area contributed by atoms with Crippen molar-refractivity contribution in [1.29, 1.82) is 0 Å². The number of rotatable bonds is 3. The largest absolute Gasteiger partial charge is 0.385 e. The van der Waals surface area contributed by atoms with Gasteiger partial charge in [0, 0.05) is 5.54 Å². The topological polar surface area (TPSA) is 86.0 Å². The third-order valence-electron chi connectivity index (χ3n) is 6.72. The molecule has 0 spiro atoms. The number of hydrogen-bond donors (Lipinski definition) is 4. The molecule has 118 valence electrons. The minimum absolute atomic E-state index is 0.00920. The van der Waals surface area contributed by atoms with E-state index in [1.165, 1.54) is 5.56 Å². The van der Waals surface area contributed by atoms with Crippen molar-refractivity contribution in [3.8, 4) is 0 Å². The van der Waals surface area contributed by atoms with Gasteiger partial charge in [-0.25, -0.2) is 0 Å². The van der Waals surface area contributed by atoms with Gasteiger partial charge >= 0.3 is 0 Å². The highest BCUT2D eigenvalue weighted by Gasteiger charge is 2.95. The Balaban J connectivity index is 1.51. The van der Waals surface area contributed by atoms with Crippen molar-refractivity contribution < 1.29 is 5.11 Å². The normalized spacial score (nSPS) is 46.2. The Labute approximate surface area is 131 Å². The van der Waals surface area contributed by atoms with Crippen LogP contribution in [0.25, 0.3) is 0 Å². The molecule has 1 unspecified atom stereocenters. The van der Waals surface area contributed by atoms with Crippen LogP contribution >= 0.6 is 0 Å². The molecule has 1 aromatic carbocycles. The molecule has 3 saturated heterocycles. The first kappa shape index (κ1) is 13.5. The van der Waals surface area contributed by atoms with Gasteiger partial charge in [0.2, 0.25) is 0 Å². The van der Waals surface area contributed by atoms with Crippen LogP contribution in [-0.4, -0.2) is 22.0 Å². The summed E-state index contributed by atoms with van der Waals surface area (Å²) in [7, 11) is 0. The second-order valence-corrected chi connectivity index (χ2v) is 8.44. The van der Waals surface area contributed by atoms with Gasteiger partial charge in [-0.1, -0.05) is 37.1 Å². The second-order valence-electron chi connectivity index (χ2n) is 8.44. The van der Waals surface area contributed by atoms with E-state index in [1.54, 1.807) is 0 Å². The van der Waals surface area contributed by atoms with Crippen LogP contribution in [0.5, 0.6) is 0 Å². The van der Waals surface area contributed by atoms with Crippen molar-refractivity contribution >= 4 is 0 Å². The van der Waals surface area contributed by atoms with Crippen molar-refractivity contribution in [1.82, 2.24) is 16.0 Å². The second kappa shape index (κ2) is 3.44. The van der Waals surface area contributed by atoms with Crippen molar-refractivity contribution in [2.75, 3.05) is 0 Å². The van der Waals surface area contributed by atoms with Gasteiger partial charge in [-0.05, 0) is 44.7 Å². The Kier molecular flexibility index (Phi) is 2.11. The Hall–Kier alpha value is -0.940. The van der Waals surface area contributed by atoms with Crippen LogP contribution in [0.3, 0.4) is 0 Å². The molecule has 3 heterocycles. The van der Waals surface area contributed by atoms with Gasteiger partial charge in [-0.2, -0.15) is 0 Å². The van der Waals surface area contributed by atoms with E-state index in [0.29, 0.717) is 0 Å². The average molecular weight is 299 g/mol. The molecule has 3 aliphatic heterocycles. The minimum Gasteiger partial charge on any atom is -0.385 e. The quantitative estimate of drug-likeness (QED) is 0.639. The van der Waals surface area contributed by atoms with Crippen molar-refractivity contribution in [3.63, 3.8) is 0 Å². The molecule has 1 aromatic rings. The Morgan fingerprint density at radius 3 is 1.73 bits per heavy atom. The Bertz CT molecular complexity index is 653. The Morgan fingerprint density at radius 1 is 0.864 bits per heavy atom. The number of nitrogens with one attached hydrogen (secondary N) is 3. The summed E-state index contributed by atoms with van der Waals surface area (Å²) in [5, 5.41) is 21.7. The maximum Gasteiger partial charge on any atom is 0.129 e. The molecule has 0 amide bonds. The molecule has 5 rings (SSSR count). The van der Waals surface area contributed by atoms with E-state index >= 15 is 0 Å². The minimum atomic E-state index is -0.597. The third-order valence-corrected chi connectivity index (χ3v) is 6.72. The van der Waals surface area contributed by atoms with Crippen LogP contribution < -0.4 is 16.0 Å². The third kappa shape index (κ3) is 1.30. The fourth-order valence-corrected chi connectivity index (χ4v) is 5.18. The first-order valence-corrected chi connectivity index (χ1v) is 8.50. The molecule has 4 N–H and O–H groups in total. The summed E-state index contributed by atoms with van der Waals surface area (Å²) in [4.78, 5) is 0. The number of fused-ring (bicyclic) bond motifs is 1. The average Bonchev–Trinajstić information content (AvgIpc) is 3.30. The SMILES string of the molecule is CC1(C)NC1(c1ccc(C2(O)CCCC2)cc1)C12NC1(C)N2. The van der Waals surface area contributed by atoms with Gasteiger partial charge in [0.05, 0.1) is 11.1 Å². The van der Waals surface area contributed by atoms with Crippen LogP contribution in [0, 0.1) is 0 Å². The summed E-state index contributed by atoms with van der Waals surface area (Å²) >= 11 is 0.